The van der Waals surface area contributed by atoms with Crippen molar-refractivity contribution < 1.29 is 0 Å². The predicted octanol–water partition coefficient (Wildman–Crippen LogP) is 3.76. The van der Waals surface area contributed by atoms with E-state index in [0.717, 1.165) is 54.6 Å². The Morgan fingerprint density at radius 1 is 1.13 bits per heavy atom. The first kappa shape index (κ1) is 19.4. The fraction of sp³-hybridized carbons (Fsp3) is 0.565. The maximum absolute atomic E-state index is 13.3. The predicted molar refractivity (Wildman–Crippen MR) is 116 cm³/mol. The highest BCUT2D eigenvalue weighted by Gasteiger charge is 2.34. The third-order valence-corrected chi connectivity index (χ3v) is 6.81. The summed E-state index contributed by atoms with van der Waals surface area (Å²) < 4.78 is 2.01. The molecule has 0 amide bonds. The lowest BCUT2D eigenvalue weighted by Crippen LogP contribution is -2.41. The van der Waals surface area contributed by atoms with Crippen LogP contribution in [0.5, 0.6) is 0 Å². The normalized spacial score (nSPS) is 22.0. The minimum absolute atomic E-state index is 0.0458. The van der Waals surface area contributed by atoms with Gasteiger partial charge >= 0.3 is 0 Å². The van der Waals surface area contributed by atoms with Gasteiger partial charge in [-0.1, -0.05) is 31.4 Å². The fourth-order valence-electron chi connectivity index (χ4n) is 5.29. The van der Waals surface area contributed by atoms with Gasteiger partial charge in [0.2, 0.25) is 0 Å². The van der Waals surface area contributed by atoms with Crippen LogP contribution in [0.4, 0.5) is 0 Å². The molecule has 0 unspecified atom stereocenters. The molecule has 1 aliphatic carbocycles. The van der Waals surface area contributed by atoms with E-state index < -0.39 is 0 Å². The Hall–Kier alpha value is -2.54. The van der Waals surface area contributed by atoms with Gasteiger partial charge in [-0.05, 0) is 79.1 Å². The quantitative estimate of drug-likeness (QED) is 0.714. The zero-order valence-electron chi connectivity index (χ0n) is 17.8. The van der Waals surface area contributed by atoms with Gasteiger partial charge in [-0.3, -0.25) is 9.69 Å². The van der Waals surface area contributed by atoms with E-state index in [9.17, 15) is 4.79 Å². The summed E-state index contributed by atoms with van der Waals surface area (Å²) in [6, 6.07) is 8.31. The van der Waals surface area contributed by atoms with Crippen LogP contribution in [0.15, 0.2) is 29.1 Å². The average molecular weight is 407 g/mol. The van der Waals surface area contributed by atoms with E-state index >= 15 is 0 Å². The summed E-state index contributed by atoms with van der Waals surface area (Å²) in [6.45, 7) is 6.27. The van der Waals surface area contributed by atoms with Gasteiger partial charge < -0.3 is 4.98 Å². The summed E-state index contributed by atoms with van der Waals surface area (Å²) in [5, 5.41) is 14.0. The molecule has 2 aromatic heterocycles. The number of pyridine rings is 1. The van der Waals surface area contributed by atoms with E-state index in [1.54, 1.807) is 0 Å². The smallest absolute Gasteiger partial charge is 0.253 e. The number of aromatic amines is 1. The SMILES string of the molecule is Cc1ccc2[nH]c(=O)c([C@H](c3nnnn3C3CCCC3)N3CCC[C@H](C)C3)cc2c1. The van der Waals surface area contributed by atoms with E-state index in [0.29, 0.717) is 12.0 Å². The summed E-state index contributed by atoms with van der Waals surface area (Å²) in [6.07, 6.45) is 7.00. The first-order valence-corrected chi connectivity index (χ1v) is 11.3. The molecule has 0 radical (unpaired) electrons. The van der Waals surface area contributed by atoms with Crippen LogP contribution in [0.1, 0.15) is 74.5 Å². The molecule has 3 heterocycles. The van der Waals surface area contributed by atoms with Crippen LogP contribution in [0.3, 0.4) is 0 Å². The third kappa shape index (κ3) is 3.55. The van der Waals surface area contributed by atoms with Crippen LogP contribution in [0.25, 0.3) is 10.9 Å². The van der Waals surface area contributed by atoms with Crippen molar-refractivity contribution in [3.8, 4) is 0 Å². The van der Waals surface area contributed by atoms with Crippen molar-refractivity contribution in [2.45, 2.75) is 64.5 Å². The Bertz CT molecular complexity index is 1100. The Morgan fingerprint density at radius 2 is 1.97 bits per heavy atom. The Balaban J connectivity index is 1.66. The highest BCUT2D eigenvalue weighted by molar-refractivity contribution is 5.79. The maximum atomic E-state index is 13.3. The van der Waals surface area contributed by atoms with Crippen LogP contribution in [-0.2, 0) is 0 Å². The van der Waals surface area contributed by atoms with Crippen molar-refractivity contribution in [3.63, 3.8) is 0 Å². The number of likely N-dealkylation sites (tertiary alicyclic amines) is 1. The fourth-order valence-corrected chi connectivity index (χ4v) is 5.29. The maximum Gasteiger partial charge on any atom is 0.253 e. The lowest BCUT2D eigenvalue weighted by Gasteiger charge is -2.36. The molecule has 2 atom stereocenters. The Labute approximate surface area is 176 Å². The highest BCUT2D eigenvalue weighted by Crippen LogP contribution is 2.35. The Kier molecular flexibility index (Phi) is 5.15. The summed E-state index contributed by atoms with van der Waals surface area (Å²) in [4.78, 5) is 18.8. The van der Waals surface area contributed by atoms with Crippen molar-refractivity contribution in [3.05, 3.63) is 51.6 Å². The molecule has 1 saturated heterocycles. The van der Waals surface area contributed by atoms with Crippen LogP contribution < -0.4 is 5.56 Å². The molecule has 3 aromatic rings. The van der Waals surface area contributed by atoms with Crippen LogP contribution in [-0.4, -0.2) is 43.2 Å². The Morgan fingerprint density at radius 3 is 2.77 bits per heavy atom. The molecule has 1 aromatic carbocycles. The number of hydrogen-bond donors (Lipinski definition) is 1. The molecule has 1 N–H and O–H groups in total. The number of tetrazole rings is 1. The number of fused-ring (bicyclic) bond motifs is 1. The van der Waals surface area contributed by atoms with Crippen molar-refractivity contribution in [2.24, 2.45) is 5.92 Å². The molecule has 1 saturated carbocycles. The van der Waals surface area contributed by atoms with E-state index in [4.69, 9.17) is 0 Å². The van der Waals surface area contributed by atoms with Crippen molar-refractivity contribution in [2.75, 3.05) is 13.1 Å². The molecule has 2 fully saturated rings. The zero-order chi connectivity index (χ0) is 20.7. The van der Waals surface area contributed by atoms with Crippen molar-refractivity contribution in [1.29, 1.82) is 0 Å². The van der Waals surface area contributed by atoms with Crippen molar-refractivity contribution >= 4 is 10.9 Å². The van der Waals surface area contributed by atoms with Crippen LogP contribution in [0, 0.1) is 12.8 Å². The first-order valence-electron chi connectivity index (χ1n) is 11.3. The lowest BCUT2D eigenvalue weighted by molar-refractivity contribution is 0.139. The first-order chi connectivity index (χ1) is 14.6. The minimum Gasteiger partial charge on any atom is -0.322 e. The molecule has 7 heteroatoms. The van der Waals surface area contributed by atoms with Gasteiger partial charge in [-0.15, -0.1) is 5.10 Å². The van der Waals surface area contributed by atoms with E-state index in [-0.39, 0.29) is 11.6 Å². The molecule has 30 heavy (non-hydrogen) atoms. The summed E-state index contributed by atoms with van der Waals surface area (Å²) in [5.41, 5.74) is 2.75. The van der Waals surface area contributed by atoms with Gasteiger partial charge in [-0.25, -0.2) is 4.68 Å². The highest BCUT2D eigenvalue weighted by atomic mass is 16.1. The van der Waals surface area contributed by atoms with Gasteiger partial charge in [0.25, 0.3) is 5.56 Å². The second-order valence-electron chi connectivity index (χ2n) is 9.21. The number of nitrogens with one attached hydrogen (secondary N) is 1. The van der Waals surface area contributed by atoms with Crippen LogP contribution >= 0.6 is 0 Å². The molecule has 2 aliphatic rings. The molecule has 0 bridgehead atoms. The summed E-state index contributed by atoms with van der Waals surface area (Å²) in [7, 11) is 0. The average Bonchev–Trinajstić information content (AvgIpc) is 3.41. The number of aromatic nitrogens is 5. The minimum atomic E-state index is -0.225. The summed E-state index contributed by atoms with van der Waals surface area (Å²) in [5.74, 6) is 1.41. The number of benzene rings is 1. The van der Waals surface area contributed by atoms with E-state index in [1.807, 2.05) is 16.8 Å². The lowest BCUT2D eigenvalue weighted by atomic mass is 9.95. The van der Waals surface area contributed by atoms with Gasteiger partial charge in [0.05, 0.1) is 6.04 Å². The molecule has 158 valence electrons. The summed E-state index contributed by atoms with van der Waals surface area (Å²) >= 11 is 0. The van der Waals surface area contributed by atoms with Gasteiger partial charge in [0.15, 0.2) is 5.82 Å². The van der Waals surface area contributed by atoms with E-state index in [1.165, 1.54) is 24.8 Å². The number of H-pyrrole nitrogens is 1. The number of hydrogen-bond acceptors (Lipinski definition) is 5. The number of rotatable bonds is 4. The molecule has 1 aliphatic heterocycles. The largest absolute Gasteiger partial charge is 0.322 e. The number of nitrogens with zero attached hydrogens (tertiary/aromatic N) is 5. The second-order valence-corrected chi connectivity index (χ2v) is 9.21. The zero-order valence-corrected chi connectivity index (χ0v) is 17.8. The van der Waals surface area contributed by atoms with Gasteiger partial charge in [0.1, 0.15) is 6.04 Å². The van der Waals surface area contributed by atoms with Crippen molar-refractivity contribution in [1.82, 2.24) is 30.1 Å². The molecule has 0 spiro atoms. The number of piperidine rings is 1. The molecule has 5 rings (SSSR count). The third-order valence-electron chi connectivity index (χ3n) is 6.81. The van der Waals surface area contributed by atoms with Crippen LogP contribution in [0.2, 0.25) is 0 Å². The van der Waals surface area contributed by atoms with Gasteiger partial charge in [-0.2, -0.15) is 0 Å². The number of aryl methyl sites for hydroxylation is 1. The standard InChI is InChI=1S/C23H30N6O/c1-15-9-10-20-17(12-15)13-19(23(30)24-20)21(28-11-5-6-16(2)14-28)22-25-26-27-29(22)18-7-3-4-8-18/h9-10,12-13,16,18,21H,3-8,11,14H2,1-2H3,(H,24,30)/t16-,21+/m0/s1. The second kappa shape index (κ2) is 7.95. The molecule has 7 nitrogen and oxygen atoms in total. The van der Waals surface area contributed by atoms with Gasteiger partial charge in [0, 0.05) is 17.6 Å². The molecular weight excluding hydrogens is 376 g/mol. The van der Waals surface area contributed by atoms with E-state index in [2.05, 4.69) is 51.4 Å². The topological polar surface area (TPSA) is 79.7 Å². The molecular formula is C23H30N6O. The monoisotopic (exact) mass is 406 g/mol.